The number of fused-ring (bicyclic) bond motifs is 1. The maximum absolute atomic E-state index is 13.3. The third kappa shape index (κ3) is 4.95. The number of nitrogens with one attached hydrogen (secondary N) is 1. The van der Waals surface area contributed by atoms with Crippen LogP contribution >= 0.6 is 0 Å². The number of piperidine rings is 1. The molecule has 0 bridgehead atoms. The Morgan fingerprint density at radius 3 is 2.66 bits per heavy atom. The number of methoxy groups -OCH3 is 1. The van der Waals surface area contributed by atoms with Gasteiger partial charge >= 0.3 is 16.2 Å². The van der Waals surface area contributed by atoms with Crippen LogP contribution in [0.25, 0.3) is 0 Å². The van der Waals surface area contributed by atoms with E-state index in [4.69, 9.17) is 0 Å². The zero-order valence-corrected chi connectivity index (χ0v) is 18.9. The molecule has 1 aliphatic carbocycles. The van der Waals surface area contributed by atoms with Gasteiger partial charge in [0.15, 0.2) is 0 Å². The number of esters is 1. The Labute approximate surface area is 189 Å². The van der Waals surface area contributed by atoms with Gasteiger partial charge in [0.2, 0.25) is 0 Å². The van der Waals surface area contributed by atoms with Crippen molar-refractivity contribution in [2.75, 3.05) is 18.4 Å². The predicted molar refractivity (Wildman–Crippen MR) is 122 cm³/mol. The molecule has 1 N–H and O–H groups in total. The second-order valence-corrected chi connectivity index (χ2v) is 9.81. The minimum absolute atomic E-state index is 0.0904. The molecule has 1 aromatic carbocycles. The van der Waals surface area contributed by atoms with Crippen LogP contribution in [0.3, 0.4) is 0 Å². The van der Waals surface area contributed by atoms with Crippen LogP contribution < -0.4 is 4.72 Å². The third-order valence-electron chi connectivity index (χ3n) is 6.17. The van der Waals surface area contributed by atoms with Crippen molar-refractivity contribution in [2.24, 2.45) is 5.92 Å². The zero-order valence-electron chi connectivity index (χ0n) is 18.1. The summed E-state index contributed by atoms with van der Waals surface area (Å²) in [6.07, 6.45) is 7.82. The van der Waals surface area contributed by atoms with Gasteiger partial charge in [-0.25, -0.2) is 9.78 Å². The molecule has 2 aliphatic rings. The van der Waals surface area contributed by atoms with Crippen LogP contribution in [0.1, 0.15) is 60.1 Å². The number of carbonyl (C=O) groups is 1. The maximum Gasteiger partial charge on any atom is 0.356 e. The lowest BCUT2D eigenvalue weighted by Crippen LogP contribution is -2.51. The summed E-state index contributed by atoms with van der Waals surface area (Å²) >= 11 is 0. The van der Waals surface area contributed by atoms with E-state index in [1.165, 1.54) is 19.7 Å². The summed E-state index contributed by atoms with van der Waals surface area (Å²) in [5.74, 6) is 5.96. The highest BCUT2D eigenvalue weighted by atomic mass is 32.2. The van der Waals surface area contributed by atoms with Gasteiger partial charge in [0.25, 0.3) is 0 Å². The van der Waals surface area contributed by atoms with Crippen LogP contribution in [-0.4, -0.2) is 43.4 Å². The SMILES string of the molecule is COC(=O)c1ccc(C#Cc2ccccc2NS(=O)(=O)N2CCC[C@@H]3CCCC[C@H]32)cn1. The minimum atomic E-state index is -3.68. The van der Waals surface area contributed by atoms with Gasteiger partial charge in [-0.2, -0.15) is 12.7 Å². The van der Waals surface area contributed by atoms with Crippen molar-refractivity contribution in [1.29, 1.82) is 0 Å². The van der Waals surface area contributed by atoms with Crippen molar-refractivity contribution in [2.45, 2.75) is 44.6 Å². The van der Waals surface area contributed by atoms with E-state index in [1.807, 2.05) is 6.07 Å². The number of para-hydroxylation sites is 1. The number of benzene rings is 1. The normalized spacial score (nSPS) is 21.0. The second-order valence-electron chi connectivity index (χ2n) is 8.19. The molecule has 1 aliphatic heterocycles. The fraction of sp³-hybridized carbons (Fsp3) is 0.417. The first-order chi connectivity index (χ1) is 15.5. The fourth-order valence-corrected chi connectivity index (χ4v) is 6.17. The molecule has 2 aromatic rings. The minimum Gasteiger partial charge on any atom is -0.464 e. The molecule has 7 nitrogen and oxygen atoms in total. The van der Waals surface area contributed by atoms with E-state index in [1.54, 1.807) is 34.6 Å². The van der Waals surface area contributed by atoms with E-state index >= 15 is 0 Å². The topological polar surface area (TPSA) is 88.6 Å². The quantitative estimate of drug-likeness (QED) is 0.565. The molecule has 1 saturated carbocycles. The lowest BCUT2D eigenvalue weighted by molar-refractivity contribution is 0.0594. The molecule has 0 unspecified atom stereocenters. The van der Waals surface area contributed by atoms with Crippen molar-refractivity contribution >= 4 is 21.9 Å². The van der Waals surface area contributed by atoms with Gasteiger partial charge in [0, 0.05) is 29.9 Å². The fourth-order valence-electron chi connectivity index (χ4n) is 4.59. The van der Waals surface area contributed by atoms with Crippen LogP contribution in [0.2, 0.25) is 0 Å². The summed E-state index contributed by atoms with van der Waals surface area (Å²) in [7, 11) is -2.38. The number of nitrogens with zero attached hydrogens (tertiary/aromatic N) is 2. The summed E-state index contributed by atoms with van der Waals surface area (Å²) in [6, 6.07) is 10.4. The Balaban J connectivity index is 1.54. The number of pyridine rings is 1. The van der Waals surface area contributed by atoms with E-state index in [-0.39, 0.29) is 11.7 Å². The Bertz CT molecular complexity index is 1130. The Morgan fingerprint density at radius 2 is 1.88 bits per heavy atom. The molecule has 2 fully saturated rings. The van der Waals surface area contributed by atoms with Gasteiger partial charge in [0.05, 0.1) is 12.8 Å². The van der Waals surface area contributed by atoms with E-state index in [9.17, 15) is 13.2 Å². The summed E-state index contributed by atoms with van der Waals surface area (Å²) < 4.78 is 35.6. The Morgan fingerprint density at radius 1 is 1.09 bits per heavy atom. The lowest BCUT2D eigenvalue weighted by atomic mass is 9.79. The molecule has 0 radical (unpaired) electrons. The number of hydrogen-bond acceptors (Lipinski definition) is 5. The Hall–Kier alpha value is -2.89. The van der Waals surface area contributed by atoms with Gasteiger partial charge in [-0.1, -0.05) is 36.8 Å². The Kier molecular flexibility index (Phi) is 6.77. The molecule has 0 amide bonds. The van der Waals surface area contributed by atoms with E-state index < -0.39 is 16.2 Å². The summed E-state index contributed by atoms with van der Waals surface area (Å²) in [6.45, 7) is 0.558. The standard InChI is InChI=1S/C24H27N3O4S/c1-31-24(28)22-15-13-18(17-25-22)12-14-19-7-2-4-10-21(19)26-32(29,30)27-16-6-9-20-8-3-5-11-23(20)27/h2,4,7,10,13,15,17,20,23,26H,3,5-6,8-9,11,16H2,1H3/t20-,23+/m0/s1. The van der Waals surface area contributed by atoms with Gasteiger partial charge < -0.3 is 4.74 Å². The number of ether oxygens (including phenoxy) is 1. The monoisotopic (exact) mass is 453 g/mol. The average Bonchev–Trinajstić information content (AvgIpc) is 2.82. The molecule has 8 heteroatoms. The summed E-state index contributed by atoms with van der Waals surface area (Å²) in [5.41, 5.74) is 1.84. The number of anilines is 1. The van der Waals surface area contributed by atoms with E-state index in [0.717, 1.165) is 32.1 Å². The largest absolute Gasteiger partial charge is 0.464 e. The molecule has 168 valence electrons. The van der Waals surface area contributed by atoms with E-state index in [2.05, 4.69) is 26.3 Å². The van der Waals surface area contributed by atoms with Crippen molar-refractivity contribution < 1.29 is 17.9 Å². The van der Waals surface area contributed by atoms with Crippen LogP contribution in [0, 0.1) is 17.8 Å². The summed E-state index contributed by atoms with van der Waals surface area (Å²) in [5, 5.41) is 0. The number of carbonyl (C=O) groups excluding carboxylic acids is 1. The highest BCUT2D eigenvalue weighted by Gasteiger charge is 2.39. The zero-order chi connectivity index (χ0) is 22.6. The number of hydrogen-bond donors (Lipinski definition) is 1. The molecule has 4 rings (SSSR count). The highest BCUT2D eigenvalue weighted by molar-refractivity contribution is 7.90. The number of aromatic nitrogens is 1. The molecular formula is C24H27N3O4S. The maximum atomic E-state index is 13.3. The first-order valence-electron chi connectivity index (χ1n) is 10.9. The average molecular weight is 454 g/mol. The molecule has 0 spiro atoms. The highest BCUT2D eigenvalue weighted by Crippen LogP contribution is 2.37. The molecule has 2 heterocycles. The van der Waals surface area contributed by atoms with Crippen LogP contribution in [0.4, 0.5) is 5.69 Å². The van der Waals surface area contributed by atoms with E-state index in [0.29, 0.717) is 29.3 Å². The molecule has 1 aromatic heterocycles. The summed E-state index contributed by atoms with van der Waals surface area (Å²) in [4.78, 5) is 15.6. The molecule has 32 heavy (non-hydrogen) atoms. The second kappa shape index (κ2) is 9.72. The van der Waals surface area contributed by atoms with Gasteiger partial charge in [-0.15, -0.1) is 0 Å². The van der Waals surface area contributed by atoms with Gasteiger partial charge in [-0.05, 0) is 55.9 Å². The van der Waals surface area contributed by atoms with Crippen molar-refractivity contribution in [3.63, 3.8) is 0 Å². The first kappa shape index (κ1) is 22.3. The van der Waals surface area contributed by atoms with Gasteiger partial charge in [0.1, 0.15) is 5.69 Å². The van der Waals surface area contributed by atoms with Crippen molar-refractivity contribution in [3.05, 3.63) is 59.4 Å². The molecule has 1 saturated heterocycles. The predicted octanol–water partition coefficient (Wildman–Crippen LogP) is 3.58. The van der Waals surface area contributed by atoms with Crippen LogP contribution in [0.5, 0.6) is 0 Å². The van der Waals surface area contributed by atoms with Crippen LogP contribution in [-0.2, 0) is 14.9 Å². The van der Waals surface area contributed by atoms with Crippen molar-refractivity contribution in [3.8, 4) is 11.8 Å². The third-order valence-corrected chi connectivity index (χ3v) is 7.72. The van der Waals surface area contributed by atoms with Gasteiger partial charge in [-0.3, -0.25) is 4.72 Å². The van der Waals surface area contributed by atoms with Crippen molar-refractivity contribution in [1.82, 2.24) is 9.29 Å². The molecular weight excluding hydrogens is 426 g/mol. The number of rotatable bonds is 4. The molecule has 2 atom stereocenters. The first-order valence-corrected chi connectivity index (χ1v) is 12.4. The lowest BCUT2D eigenvalue weighted by Gasteiger charge is -2.43. The van der Waals surface area contributed by atoms with Crippen LogP contribution in [0.15, 0.2) is 42.6 Å². The smallest absolute Gasteiger partial charge is 0.356 e.